The summed E-state index contributed by atoms with van der Waals surface area (Å²) in [5.41, 5.74) is 2.39. The summed E-state index contributed by atoms with van der Waals surface area (Å²) in [6.07, 6.45) is 1.61. The minimum atomic E-state index is -0.736. The van der Waals surface area contributed by atoms with E-state index in [1.54, 1.807) is 43.0 Å². The number of aryl methyl sites for hydroxylation is 2. The summed E-state index contributed by atoms with van der Waals surface area (Å²) in [6.45, 7) is 4.51. The number of hydrogen-bond donors (Lipinski definition) is 1. The Hall–Kier alpha value is -3.00. The van der Waals surface area contributed by atoms with Gasteiger partial charge in [-0.2, -0.15) is 5.10 Å². The Bertz CT molecular complexity index is 946. The summed E-state index contributed by atoms with van der Waals surface area (Å²) in [6, 6.07) is 4.59. The second kappa shape index (κ2) is 7.55. The van der Waals surface area contributed by atoms with E-state index >= 15 is 0 Å². The van der Waals surface area contributed by atoms with Crippen molar-refractivity contribution in [3.8, 4) is 0 Å². The number of rotatable bonds is 5. The molecule has 1 aliphatic heterocycles. The van der Waals surface area contributed by atoms with Crippen molar-refractivity contribution in [1.82, 2.24) is 24.6 Å². The number of carbonyl (C=O) groups is 2. The van der Waals surface area contributed by atoms with Gasteiger partial charge in [0.05, 0.1) is 22.5 Å². The summed E-state index contributed by atoms with van der Waals surface area (Å²) in [7, 11) is 5.56. The fourth-order valence-corrected chi connectivity index (χ4v) is 3.51. The molecule has 1 amide bonds. The quantitative estimate of drug-likeness (QED) is 0.477. The lowest BCUT2D eigenvalue weighted by molar-refractivity contribution is -0.140. The van der Waals surface area contributed by atoms with E-state index in [2.05, 4.69) is 10.1 Å². The SMILES string of the molecule is Cc1nn(C)c(C)c1C(O)=C1C(=O)C(=O)N(CCN(C)C)[C@H]1c1ccccn1. The van der Waals surface area contributed by atoms with Crippen molar-refractivity contribution in [1.29, 1.82) is 0 Å². The maximum atomic E-state index is 12.9. The maximum Gasteiger partial charge on any atom is 0.295 e. The van der Waals surface area contributed by atoms with Gasteiger partial charge in [-0.25, -0.2) is 0 Å². The standard InChI is InChI=1S/C20H25N5O3/c1-12-15(13(2)24(5)22-12)18(26)16-17(14-8-6-7-9-21-14)25(11-10-23(3)4)20(28)19(16)27/h6-9,17,26H,10-11H2,1-5H3/t17-/m0/s1. The fraction of sp³-hybridized carbons (Fsp3) is 0.400. The van der Waals surface area contributed by atoms with E-state index in [1.165, 1.54) is 4.90 Å². The largest absolute Gasteiger partial charge is 0.507 e. The average molecular weight is 383 g/mol. The molecule has 0 saturated carbocycles. The minimum absolute atomic E-state index is 0.0571. The molecule has 148 valence electrons. The van der Waals surface area contributed by atoms with Crippen molar-refractivity contribution in [2.24, 2.45) is 7.05 Å². The zero-order valence-corrected chi connectivity index (χ0v) is 16.8. The summed E-state index contributed by atoms with van der Waals surface area (Å²) in [5, 5.41) is 15.4. The molecule has 3 rings (SSSR count). The first-order valence-electron chi connectivity index (χ1n) is 9.08. The van der Waals surface area contributed by atoms with Crippen molar-refractivity contribution < 1.29 is 14.7 Å². The first-order valence-corrected chi connectivity index (χ1v) is 9.08. The van der Waals surface area contributed by atoms with Gasteiger partial charge >= 0.3 is 0 Å². The Kier molecular flexibility index (Phi) is 5.33. The van der Waals surface area contributed by atoms with Gasteiger partial charge in [0.1, 0.15) is 11.8 Å². The van der Waals surface area contributed by atoms with Crippen LogP contribution >= 0.6 is 0 Å². The number of aliphatic hydroxyl groups excluding tert-OH is 1. The van der Waals surface area contributed by atoms with Gasteiger partial charge < -0.3 is 14.9 Å². The van der Waals surface area contributed by atoms with Crippen molar-refractivity contribution in [3.05, 3.63) is 52.6 Å². The van der Waals surface area contributed by atoms with Gasteiger partial charge in [0, 0.05) is 32.0 Å². The second-order valence-electron chi connectivity index (χ2n) is 7.22. The van der Waals surface area contributed by atoms with E-state index in [0.717, 1.165) is 0 Å². The number of aliphatic hydroxyl groups is 1. The van der Waals surface area contributed by atoms with Crippen LogP contribution in [0.25, 0.3) is 5.76 Å². The van der Waals surface area contributed by atoms with E-state index in [9.17, 15) is 14.7 Å². The lowest BCUT2D eigenvalue weighted by Crippen LogP contribution is -2.35. The van der Waals surface area contributed by atoms with Crippen LogP contribution in [0.1, 0.15) is 28.7 Å². The number of nitrogens with zero attached hydrogens (tertiary/aromatic N) is 5. The van der Waals surface area contributed by atoms with Crippen LogP contribution in [0.3, 0.4) is 0 Å². The van der Waals surface area contributed by atoms with Gasteiger partial charge in [-0.15, -0.1) is 0 Å². The Morgan fingerprint density at radius 3 is 2.50 bits per heavy atom. The minimum Gasteiger partial charge on any atom is -0.507 e. The first-order chi connectivity index (χ1) is 13.2. The van der Waals surface area contributed by atoms with Gasteiger partial charge in [-0.05, 0) is 40.1 Å². The third-order valence-electron chi connectivity index (χ3n) is 5.04. The van der Waals surface area contributed by atoms with E-state index < -0.39 is 17.7 Å². The predicted octanol–water partition coefficient (Wildman–Crippen LogP) is 1.42. The molecule has 0 aromatic carbocycles. The zero-order chi connectivity index (χ0) is 20.6. The molecule has 0 bridgehead atoms. The summed E-state index contributed by atoms with van der Waals surface area (Å²) in [4.78, 5) is 33.5. The number of aromatic nitrogens is 3. The Morgan fingerprint density at radius 2 is 1.96 bits per heavy atom. The summed E-state index contributed by atoms with van der Waals surface area (Å²) < 4.78 is 1.64. The molecule has 2 aromatic heterocycles. The average Bonchev–Trinajstić information content (AvgIpc) is 3.06. The number of likely N-dealkylation sites (N-methyl/N-ethyl adjacent to an activating group) is 1. The molecular weight excluding hydrogens is 358 g/mol. The van der Waals surface area contributed by atoms with Gasteiger partial charge in [0.15, 0.2) is 0 Å². The fourth-order valence-electron chi connectivity index (χ4n) is 3.51. The Balaban J connectivity index is 2.19. The topological polar surface area (TPSA) is 91.6 Å². The molecule has 3 heterocycles. The highest BCUT2D eigenvalue weighted by Gasteiger charge is 2.47. The van der Waals surface area contributed by atoms with Crippen LogP contribution in [0.4, 0.5) is 0 Å². The van der Waals surface area contributed by atoms with Crippen LogP contribution in [0.2, 0.25) is 0 Å². The molecule has 0 aliphatic carbocycles. The molecule has 28 heavy (non-hydrogen) atoms. The van der Waals surface area contributed by atoms with Gasteiger partial charge in [0.2, 0.25) is 0 Å². The molecule has 0 spiro atoms. The maximum absolute atomic E-state index is 12.9. The highest BCUT2D eigenvalue weighted by molar-refractivity contribution is 6.46. The summed E-state index contributed by atoms with van der Waals surface area (Å²) >= 11 is 0. The molecular formula is C20H25N5O3. The molecule has 1 aliphatic rings. The lowest BCUT2D eigenvalue weighted by atomic mass is 9.97. The van der Waals surface area contributed by atoms with Crippen LogP contribution in [0, 0.1) is 13.8 Å². The Labute approximate surface area is 164 Å². The van der Waals surface area contributed by atoms with E-state index in [-0.39, 0.29) is 11.3 Å². The molecule has 8 heteroatoms. The van der Waals surface area contributed by atoms with E-state index in [4.69, 9.17) is 0 Å². The number of likely N-dealkylation sites (tertiary alicyclic amines) is 1. The van der Waals surface area contributed by atoms with Crippen LogP contribution in [0.5, 0.6) is 0 Å². The van der Waals surface area contributed by atoms with E-state index in [1.807, 2.05) is 25.9 Å². The van der Waals surface area contributed by atoms with Crippen molar-refractivity contribution in [2.45, 2.75) is 19.9 Å². The molecule has 1 N–H and O–H groups in total. The van der Waals surface area contributed by atoms with Gasteiger partial charge in [0.25, 0.3) is 11.7 Å². The normalized spacial score (nSPS) is 19.1. The highest BCUT2D eigenvalue weighted by atomic mass is 16.3. The Morgan fingerprint density at radius 1 is 1.25 bits per heavy atom. The van der Waals surface area contributed by atoms with Crippen molar-refractivity contribution >= 4 is 17.4 Å². The number of amides is 1. The van der Waals surface area contributed by atoms with Crippen LogP contribution in [-0.2, 0) is 16.6 Å². The zero-order valence-electron chi connectivity index (χ0n) is 16.8. The number of hydrogen-bond acceptors (Lipinski definition) is 6. The first kappa shape index (κ1) is 19.8. The third-order valence-corrected chi connectivity index (χ3v) is 5.04. The lowest BCUT2D eigenvalue weighted by Gasteiger charge is -2.25. The van der Waals surface area contributed by atoms with Crippen LogP contribution in [-0.4, -0.2) is 68.5 Å². The number of carbonyl (C=O) groups excluding carboxylic acids is 2. The third kappa shape index (κ3) is 3.31. The van der Waals surface area contributed by atoms with Crippen molar-refractivity contribution in [3.63, 3.8) is 0 Å². The molecule has 8 nitrogen and oxygen atoms in total. The molecule has 1 saturated heterocycles. The molecule has 0 radical (unpaired) electrons. The van der Waals surface area contributed by atoms with Crippen molar-refractivity contribution in [2.75, 3.05) is 27.2 Å². The second-order valence-corrected chi connectivity index (χ2v) is 7.22. The molecule has 1 atom stereocenters. The number of pyridine rings is 1. The summed E-state index contributed by atoms with van der Waals surface area (Å²) in [5.74, 6) is -1.53. The smallest absolute Gasteiger partial charge is 0.295 e. The monoisotopic (exact) mass is 383 g/mol. The van der Waals surface area contributed by atoms with Gasteiger partial charge in [-0.3, -0.25) is 19.3 Å². The van der Waals surface area contributed by atoms with E-state index in [0.29, 0.717) is 35.7 Å². The number of ketones is 1. The molecule has 1 fully saturated rings. The van der Waals surface area contributed by atoms with Crippen LogP contribution < -0.4 is 0 Å². The molecule has 0 unspecified atom stereocenters. The number of Topliss-reactive ketones (excluding diaryl/α,β-unsaturated/α-hetero) is 1. The molecule has 2 aromatic rings. The highest BCUT2D eigenvalue weighted by Crippen LogP contribution is 2.39. The van der Waals surface area contributed by atoms with Crippen LogP contribution in [0.15, 0.2) is 30.0 Å². The van der Waals surface area contributed by atoms with Gasteiger partial charge in [-0.1, -0.05) is 6.07 Å². The predicted molar refractivity (Wildman–Crippen MR) is 104 cm³/mol.